The standard InChI is InChI=1S/C18H22N4O2/c1-13-4-3-5-17(21-13)18(23)22-10-11-24-12-15(22)6-7-16-14(2)19-8-9-20-16/h3-5,8-9,15H,6-7,10-12H2,1-2H3. The first-order valence-corrected chi connectivity index (χ1v) is 8.24. The second kappa shape index (κ2) is 7.49. The van der Waals surface area contributed by atoms with Crippen molar-refractivity contribution in [3.8, 4) is 0 Å². The van der Waals surface area contributed by atoms with Gasteiger partial charge in [0.2, 0.25) is 0 Å². The number of morpholine rings is 1. The Labute approximate surface area is 141 Å². The van der Waals surface area contributed by atoms with E-state index in [0.29, 0.717) is 25.5 Å². The van der Waals surface area contributed by atoms with Gasteiger partial charge in [0.05, 0.1) is 30.6 Å². The van der Waals surface area contributed by atoms with E-state index >= 15 is 0 Å². The van der Waals surface area contributed by atoms with Crippen LogP contribution in [0.1, 0.15) is 34.0 Å². The minimum Gasteiger partial charge on any atom is -0.377 e. The summed E-state index contributed by atoms with van der Waals surface area (Å²) in [6.45, 7) is 5.57. The first-order valence-electron chi connectivity index (χ1n) is 8.24. The molecule has 6 nitrogen and oxygen atoms in total. The lowest BCUT2D eigenvalue weighted by Crippen LogP contribution is -2.49. The summed E-state index contributed by atoms with van der Waals surface area (Å²) in [5.74, 6) is -0.0251. The molecule has 0 saturated carbocycles. The second-order valence-corrected chi connectivity index (χ2v) is 6.02. The van der Waals surface area contributed by atoms with Crippen LogP contribution in [0.5, 0.6) is 0 Å². The van der Waals surface area contributed by atoms with Crippen molar-refractivity contribution in [2.24, 2.45) is 0 Å². The molecule has 1 aliphatic heterocycles. The lowest BCUT2D eigenvalue weighted by molar-refractivity contribution is -0.00445. The summed E-state index contributed by atoms with van der Waals surface area (Å²) >= 11 is 0. The van der Waals surface area contributed by atoms with Gasteiger partial charge in [-0.25, -0.2) is 4.98 Å². The van der Waals surface area contributed by atoms with Crippen LogP contribution in [-0.4, -0.2) is 51.6 Å². The second-order valence-electron chi connectivity index (χ2n) is 6.02. The van der Waals surface area contributed by atoms with Gasteiger partial charge in [0.1, 0.15) is 5.69 Å². The molecular formula is C18H22N4O2. The van der Waals surface area contributed by atoms with Crippen molar-refractivity contribution in [3.05, 3.63) is 53.4 Å². The molecule has 1 amide bonds. The highest BCUT2D eigenvalue weighted by molar-refractivity contribution is 5.92. The minimum absolute atomic E-state index is 0.0251. The number of rotatable bonds is 4. The van der Waals surface area contributed by atoms with E-state index in [1.54, 1.807) is 18.5 Å². The van der Waals surface area contributed by atoms with Gasteiger partial charge in [-0.3, -0.25) is 14.8 Å². The Morgan fingerprint density at radius 3 is 2.92 bits per heavy atom. The zero-order chi connectivity index (χ0) is 16.9. The van der Waals surface area contributed by atoms with Gasteiger partial charge in [0.15, 0.2) is 0 Å². The maximum atomic E-state index is 12.8. The average Bonchev–Trinajstić information content (AvgIpc) is 2.61. The number of hydrogen-bond acceptors (Lipinski definition) is 5. The van der Waals surface area contributed by atoms with Gasteiger partial charge in [-0.1, -0.05) is 6.07 Å². The quantitative estimate of drug-likeness (QED) is 0.859. The minimum atomic E-state index is -0.0251. The van der Waals surface area contributed by atoms with E-state index in [4.69, 9.17) is 4.74 Å². The van der Waals surface area contributed by atoms with Crippen LogP contribution in [0.2, 0.25) is 0 Å². The molecule has 3 heterocycles. The number of nitrogens with zero attached hydrogens (tertiary/aromatic N) is 4. The van der Waals surface area contributed by atoms with E-state index in [2.05, 4.69) is 15.0 Å². The van der Waals surface area contributed by atoms with E-state index in [1.165, 1.54) is 0 Å². The number of carbonyl (C=O) groups is 1. The molecule has 0 spiro atoms. The zero-order valence-corrected chi connectivity index (χ0v) is 14.1. The Morgan fingerprint density at radius 2 is 2.12 bits per heavy atom. The maximum Gasteiger partial charge on any atom is 0.272 e. The first-order chi connectivity index (χ1) is 11.6. The number of ether oxygens (including phenoxy) is 1. The molecule has 1 saturated heterocycles. The monoisotopic (exact) mass is 326 g/mol. The Bertz CT molecular complexity index is 720. The van der Waals surface area contributed by atoms with Gasteiger partial charge in [0, 0.05) is 24.6 Å². The van der Waals surface area contributed by atoms with Gasteiger partial charge >= 0.3 is 0 Å². The third-order valence-electron chi connectivity index (χ3n) is 4.29. The Morgan fingerprint density at radius 1 is 1.29 bits per heavy atom. The van der Waals surface area contributed by atoms with E-state index in [9.17, 15) is 4.79 Å². The lowest BCUT2D eigenvalue weighted by atomic mass is 10.1. The van der Waals surface area contributed by atoms with Crippen molar-refractivity contribution in [2.75, 3.05) is 19.8 Å². The van der Waals surface area contributed by atoms with Gasteiger partial charge in [-0.05, 0) is 38.8 Å². The molecule has 0 aliphatic carbocycles. The Hall–Kier alpha value is -2.34. The molecule has 24 heavy (non-hydrogen) atoms. The first kappa shape index (κ1) is 16.5. The molecule has 1 unspecified atom stereocenters. The highest BCUT2D eigenvalue weighted by atomic mass is 16.5. The van der Waals surface area contributed by atoms with E-state index in [0.717, 1.165) is 29.9 Å². The molecule has 6 heteroatoms. The average molecular weight is 326 g/mol. The SMILES string of the molecule is Cc1cccc(C(=O)N2CCOCC2CCc2nccnc2C)n1. The summed E-state index contributed by atoms with van der Waals surface area (Å²) in [7, 11) is 0. The van der Waals surface area contributed by atoms with E-state index in [1.807, 2.05) is 30.9 Å². The number of aromatic nitrogens is 3. The molecule has 0 aromatic carbocycles. The van der Waals surface area contributed by atoms with Gasteiger partial charge in [-0.2, -0.15) is 0 Å². The highest BCUT2D eigenvalue weighted by Gasteiger charge is 2.28. The van der Waals surface area contributed by atoms with Crippen molar-refractivity contribution in [2.45, 2.75) is 32.7 Å². The largest absolute Gasteiger partial charge is 0.377 e. The molecule has 2 aromatic rings. The Balaban J connectivity index is 1.71. The fourth-order valence-electron chi connectivity index (χ4n) is 2.96. The molecule has 3 rings (SSSR count). The van der Waals surface area contributed by atoms with E-state index < -0.39 is 0 Å². The summed E-state index contributed by atoms with van der Waals surface area (Å²) in [6, 6.07) is 5.57. The van der Waals surface area contributed by atoms with Crippen molar-refractivity contribution >= 4 is 5.91 Å². The number of pyridine rings is 1. The predicted octanol–water partition coefficient (Wildman–Crippen LogP) is 1.96. The molecule has 1 atom stereocenters. The van der Waals surface area contributed by atoms with Crippen LogP contribution in [-0.2, 0) is 11.2 Å². The molecule has 0 bridgehead atoms. The van der Waals surface area contributed by atoms with Crippen LogP contribution in [0, 0.1) is 13.8 Å². The third-order valence-corrected chi connectivity index (χ3v) is 4.29. The van der Waals surface area contributed by atoms with Crippen LogP contribution in [0.25, 0.3) is 0 Å². The molecular weight excluding hydrogens is 304 g/mol. The molecule has 0 N–H and O–H groups in total. The van der Waals surface area contributed by atoms with Gasteiger partial charge in [-0.15, -0.1) is 0 Å². The maximum absolute atomic E-state index is 12.8. The van der Waals surface area contributed by atoms with Crippen molar-refractivity contribution in [3.63, 3.8) is 0 Å². The normalized spacial score (nSPS) is 17.8. The number of hydrogen-bond donors (Lipinski definition) is 0. The van der Waals surface area contributed by atoms with Crippen LogP contribution in [0.4, 0.5) is 0 Å². The van der Waals surface area contributed by atoms with Crippen LogP contribution < -0.4 is 0 Å². The van der Waals surface area contributed by atoms with Crippen molar-refractivity contribution in [1.82, 2.24) is 19.9 Å². The van der Waals surface area contributed by atoms with E-state index in [-0.39, 0.29) is 11.9 Å². The molecule has 1 fully saturated rings. The molecule has 126 valence electrons. The molecule has 1 aliphatic rings. The fourth-order valence-corrected chi connectivity index (χ4v) is 2.96. The smallest absolute Gasteiger partial charge is 0.272 e. The summed E-state index contributed by atoms with van der Waals surface area (Å²) in [6.07, 6.45) is 4.98. The number of amides is 1. The summed E-state index contributed by atoms with van der Waals surface area (Å²) in [5, 5.41) is 0. The Kier molecular flexibility index (Phi) is 5.15. The lowest BCUT2D eigenvalue weighted by Gasteiger charge is -2.35. The van der Waals surface area contributed by atoms with Crippen molar-refractivity contribution in [1.29, 1.82) is 0 Å². The van der Waals surface area contributed by atoms with Gasteiger partial charge in [0.25, 0.3) is 5.91 Å². The van der Waals surface area contributed by atoms with Crippen molar-refractivity contribution < 1.29 is 9.53 Å². The summed E-state index contributed by atoms with van der Waals surface area (Å²) < 4.78 is 5.59. The fraction of sp³-hybridized carbons (Fsp3) is 0.444. The number of carbonyl (C=O) groups excluding carboxylic acids is 1. The number of aryl methyl sites for hydroxylation is 3. The highest BCUT2D eigenvalue weighted by Crippen LogP contribution is 2.17. The molecule has 0 radical (unpaired) electrons. The third kappa shape index (κ3) is 3.76. The van der Waals surface area contributed by atoms with Gasteiger partial charge < -0.3 is 9.64 Å². The topological polar surface area (TPSA) is 68.2 Å². The molecule has 2 aromatic heterocycles. The van der Waals surface area contributed by atoms with Crippen LogP contribution in [0.3, 0.4) is 0 Å². The summed E-state index contributed by atoms with van der Waals surface area (Å²) in [5.41, 5.74) is 3.26. The van der Waals surface area contributed by atoms with Crippen LogP contribution >= 0.6 is 0 Å². The zero-order valence-electron chi connectivity index (χ0n) is 14.1. The summed E-state index contributed by atoms with van der Waals surface area (Å²) in [4.78, 5) is 27.7. The van der Waals surface area contributed by atoms with Crippen LogP contribution in [0.15, 0.2) is 30.6 Å². The predicted molar refractivity (Wildman–Crippen MR) is 89.7 cm³/mol.